The maximum Gasteiger partial charge on any atom is 0.264 e. The van der Waals surface area contributed by atoms with Gasteiger partial charge < -0.3 is 0 Å². The largest absolute Gasteiger partial charge is 0.293 e. The molecular weight excluding hydrogens is 298 g/mol. The normalized spacial score (nSPS) is 12.9. The molecule has 1 atom stereocenters. The molecule has 0 heterocycles. The molecule has 1 aromatic carbocycles. The number of carbonyl (C=O) groups is 1. The smallest absolute Gasteiger partial charge is 0.264 e. The standard InChI is InChI=1S/C11H11BrF2OS/c1-6(12)10(15)8-4-3-7(16-2)5-9(8)11(13)14/h3-6,11H,1-2H3. The number of thioether (sulfide) groups is 1. The van der Waals surface area contributed by atoms with E-state index in [2.05, 4.69) is 15.9 Å². The maximum atomic E-state index is 12.8. The average Bonchev–Trinajstić information content (AvgIpc) is 2.26. The molecule has 0 saturated carbocycles. The van der Waals surface area contributed by atoms with Crippen LogP contribution < -0.4 is 0 Å². The van der Waals surface area contributed by atoms with Crippen molar-refractivity contribution in [3.8, 4) is 0 Å². The molecule has 1 aromatic rings. The van der Waals surface area contributed by atoms with Crippen molar-refractivity contribution in [3.63, 3.8) is 0 Å². The summed E-state index contributed by atoms with van der Waals surface area (Å²) >= 11 is 4.47. The van der Waals surface area contributed by atoms with Crippen LogP contribution in [0.3, 0.4) is 0 Å². The van der Waals surface area contributed by atoms with Gasteiger partial charge in [-0.15, -0.1) is 11.8 Å². The highest BCUT2D eigenvalue weighted by atomic mass is 79.9. The molecule has 0 radical (unpaired) electrons. The molecular formula is C11H11BrF2OS. The van der Waals surface area contributed by atoms with Gasteiger partial charge in [0.25, 0.3) is 6.43 Å². The van der Waals surface area contributed by atoms with Gasteiger partial charge in [-0.2, -0.15) is 0 Å². The molecule has 0 aromatic heterocycles. The Labute approximate surface area is 106 Å². The van der Waals surface area contributed by atoms with E-state index in [1.165, 1.54) is 23.9 Å². The third kappa shape index (κ3) is 3.04. The fraction of sp³-hybridized carbons (Fsp3) is 0.364. The molecule has 0 N–H and O–H groups in total. The number of rotatable bonds is 4. The molecule has 0 fully saturated rings. The van der Waals surface area contributed by atoms with E-state index in [0.717, 1.165) is 4.90 Å². The number of alkyl halides is 3. The van der Waals surface area contributed by atoms with Crippen molar-refractivity contribution in [1.29, 1.82) is 0 Å². The third-order valence-electron chi connectivity index (χ3n) is 2.12. The topological polar surface area (TPSA) is 17.1 Å². The van der Waals surface area contributed by atoms with Crippen molar-refractivity contribution in [1.82, 2.24) is 0 Å². The van der Waals surface area contributed by atoms with Gasteiger partial charge in [-0.1, -0.05) is 15.9 Å². The molecule has 0 aliphatic rings. The van der Waals surface area contributed by atoms with Crippen molar-refractivity contribution in [3.05, 3.63) is 29.3 Å². The first-order valence-corrected chi connectivity index (χ1v) is 6.75. The lowest BCUT2D eigenvalue weighted by molar-refractivity contribution is 0.0981. The first-order chi connectivity index (χ1) is 7.47. The number of halogens is 3. The van der Waals surface area contributed by atoms with Crippen molar-refractivity contribution in [2.75, 3.05) is 6.26 Å². The fourth-order valence-electron chi connectivity index (χ4n) is 1.29. The lowest BCUT2D eigenvalue weighted by Gasteiger charge is -2.10. The van der Waals surface area contributed by atoms with Crippen LogP contribution in [-0.2, 0) is 0 Å². The minimum Gasteiger partial charge on any atom is -0.293 e. The number of Topliss-reactive ketones (excluding diaryl/α,β-unsaturated/α-hetero) is 1. The van der Waals surface area contributed by atoms with Gasteiger partial charge in [0.1, 0.15) is 0 Å². The summed E-state index contributed by atoms with van der Waals surface area (Å²) in [7, 11) is 0. The van der Waals surface area contributed by atoms with Gasteiger partial charge in [0.15, 0.2) is 5.78 Å². The van der Waals surface area contributed by atoms with E-state index in [9.17, 15) is 13.6 Å². The lowest BCUT2D eigenvalue weighted by atomic mass is 10.0. The minimum absolute atomic E-state index is 0.0946. The van der Waals surface area contributed by atoms with Gasteiger partial charge in [0.05, 0.1) is 4.83 Å². The van der Waals surface area contributed by atoms with Crippen LogP contribution in [0.1, 0.15) is 29.3 Å². The van der Waals surface area contributed by atoms with E-state index in [1.807, 2.05) is 0 Å². The Hall–Kier alpha value is -0.420. The zero-order valence-electron chi connectivity index (χ0n) is 8.84. The Bertz CT molecular complexity index is 394. The third-order valence-corrected chi connectivity index (χ3v) is 3.26. The van der Waals surface area contributed by atoms with Crippen molar-refractivity contribution in [2.24, 2.45) is 0 Å². The summed E-state index contributed by atoms with van der Waals surface area (Å²) in [6.45, 7) is 1.63. The average molecular weight is 309 g/mol. The molecule has 0 amide bonds. The van der Waals surface area contributed by atoms with Crippen molar-refractivity contribution < 1.29 is 13.6 Å². The van der Waals surface area contributed by atoms with Gasteiger partial charge in [-0.3, -0.25) is 4.79 Å². The van der Waals surface area contributed by atoms with E-state index in [-0.39, 0.29) is 16.9 Å². The van der Waals surface area contributed by atoms with E-state index in [4.69, 9.17) is 0 Å². The Morgan fingerprint density at radius 2 is 2.06 bits per heavy atom. The predicted molar refractivity (Wildman–Crippen MR) is 65.9 cm³/mol. The molecule has 1 nitrogen and oxygen atoms in total. The molecule has 88 valence electrons. The van der Waals surface area contributed by atoms with Crippen molar-refractivity contribution >= 4 is 33.5 Å². The Balaban J connectivity index is 3.23. The maximum absolute atomic E-state index is 12.8. The fourth-order valence-corrected chi connectivity index (χ4v) is 1.98. The first-order valence-electron chi connectivity index (χ1n) is 4.61. The summed E-state index contributed by atoms with van der Waals surface area (Å²) in [5, 5.41) is 0. The van der Waals surface area contributed by atoms with E-state index in [0.29, 0.717) is 0 Å². The molecule has 0 aliphatic heterocycles. The van der Waals surface area contributed by atoms with Crippen LogP contribution in [-0.4, -0.2) is 16.9 Å². The number of hydrogen-bond donors (Lipinski definition) is 0. The van der Waals surface area contributed by atoms with Crippen LogP contribution in [0.2, 0.25) is 0 Å². The Morgan fingerprint density at radius 3 is 2.50 bits per heavy atom. The molecule has 1 unspecified atom stereocenters. The van der Waals surface area contributed by atoms with Gasteiger partial charge in [-0.05, 0) is 31.4 Å². The van der Waals surface area contributed by atoms with Crippen molar-refractivity contribution in [2.45, 2.75) is 23.1 Å². The van der Waals surface area contributed by atoms with E-state index in [1.54, 1.807) is 19.2 Å². The molecule has 0 saturated heterocycles. The van der Waals surface area contributed by atoms with Crippen LogP contribution in [0.4, 0.5) is 8.78 Å². The van der Waals surface area contributed by atoms with Gasteiger partial charge in [0, 0.05) is 16.0 Å². The lowest BCUT2D eigenvalue weighted by Crippen LogP contribution is -2.13. The highest BCUT2D eigenvalue weighted by Gasteiger charge is 2.21. The monoisotopic (exact) mass is 308 g/mol. The second-order valence-corrected chi connectivity index (χ2v) is 5.49. The SMILES string of the molecule is CSc1ccc(C(=O)C(C)Br)c(C(F)F)c1. The molecule has 16 heavy (non-hydrogen) atoms. The predicted octanol–water partition coefficient (Wildman–Crippen LogP) is 4.31. The second kappa shape index (κ2) is 5.77. The van der Waals surface area contributed by atoms with Crippen LogP contribution in [0.15, 0.2) is 23.1 Å². The van der Waals surface area contributed by atoms with Gasteiger partial charge in [0.2, 0.25) is 0 Å². The van der Waals surface area contributed by atoms with Crippen LogP contribution in [0.25, 0.3) is 0 Å². The molecule has 5 heteroatoms. The number of ketones is 1. The summed E-state index contributed by atoms with van der Waals surface area (Å²) in [6.07, 6.45) is -0.823. The number of benzene rings is 1. The minimum atomic E-state index is -2.63. The Kier molecular flexibility index (Phi) is 4.92. The number of carbonyl (C=O) groups excluding carboxylic acids is 1. The molecule has 0 aliphatic carbocycles. The summed E-state index contributed by atoms with van der Waals surface area (Å²) in [6, 6.07) is 4.52. The van der Waals surface area contributed by atoms with Gasteiger partial charge >= 0.3 is 0 Å². The molecule has 1 rings (SSSR count). The Morgan fingerprint density at radius 1 is 1.44 bits per heavy atom. The highest BCUT2D eigenvalue weighted by molar-refractivity contribution is 9.10. The quantitative estimate of drug-likeness (QED) is 0.468. The van der Waals surface area contributed by atoms with E-state index < -0.39 is 11.3 Å². The second-order valence-electron chi connectivity index (χ2n) is 3.23. The molecule has 0 bridgehead atoms. The summed E-state index contributed by atoms with van der Waals surface area (Å²) in [4.78, 5) is 12.0. The summed E-state index contributed by atoms with van der Waals surface area (Å²) in [5.41, 5.74) is -0.0969. The number of hydrogen-bond acceptors (Lipinski definition) is 2. The van der Waals surface area contributed by atoms with Crippen LogP contribution >= 0.6 is 27.7 Å². The van der Waals surface area contributed by atoms with Crippen LogP contribution in [0.5, 0.6) is 0 Å². The van der Waals surface area contributed by atoms with E-state index >= 15 is 0 Å². The summed E-state index contributed by atoms with van der Waals surface area (Å²) < 4.78 is 25.6. The molecule has 0 spiro atoms. The zero-order valence-corrected chi connectivity index (χ0v) is 11.2. The first kappa shape index (κ1) is 13.6. The highest BCUT2D eigenvalue weighted by Crippen LogP contribution is 2.29. The zero-order chi connectivity index (χ0) is 12.3. The summed E-state index contributed by atoms with van der Waals surface area (Å²) in [5.74, 6) is -0.317. The van der Waals surface area contributed by atoms with Gasteiger partial charge in [-0.25, -0.2) is 8.78 Å². The van der Waals surface area contributed by atoms with Crippen LogP contribution in [0, 0.1) is 0 Å².